The lowest BCUT2D eigenvalue weighted by molar-refractivity contribution is 0.102. The van der Waals surface area contributed by atoms with Gasteiger partial charge in [0.15, 0.2) is 0 Å². The van der Waals surface area contributed by atoms with Crippen molar-refractivity contribution in [1.82, 2.24) is 9.78 Å². The van der Waals surface area contributed by atoms with Gasteiger partial charge < -0.3 is 11.1 Å². The summed E-state index contributed by atoms with van der Waals surface area (Å²) in [6.07, 6.45) is 1.46. The van der Waals surface area contributed by atoms with E-state index in [2.05, 4.69) is 10.4 Å². The first-order valence-electron chi connectivity index (χ1n) is 5.65. The first-order chi connectivity index (χ1) is 8.49. The van der Waals surface area contributed by atoms with Gasteiger partial charge in [0.25, 0.3) is 5.91 Å². The summed E-state index contributed by atoms with van der Waals surface area (Å²) in [5.41, 5.74) is 9.21. The van der Waals surface area contributed by atoms with Crippen LogP contribution in [0.3, 0.4) is 0 Å². The molecule has 5 heteroatoms. The summed E-state index contributed by atoms with van der Waals surface area (Å²) in [6.45, 7) is 4.03. The molecular weight excluding hydrogens is 228 g/mol. The minimum absolute atomic E-state index is 0.246. The van der Waals surface area contributed by atoms with E-state index in [1.54, 1.807) is 7.05 Å². The maximum atomic E-state index is 12.0. The minimum Gasteiger partial charge on any atom is -0.383 e. The van der Waals surface area contributed by atoms with Crippen molar-refractivity contribution >= 4 is 17.4 Å². The van der Waals surface area contributed by atoms with E-state index in [9.17, 15) is 4.79 Å². The van der Waals surface area contributed by atoms with Crippen LogP contribution in [0.1, 0.15) is 21.5 Å². The molecule has 0 saturated heterocycles. The van der Waals surface area contributed by atoms with Crippen LogP contribution >= 0.6 is 0 Å². The van der Waals surface area contributed by atoms with Crippen LogP contribution in [0.5, 0.6) is 0 Å². The standard InChI is InChI=1S/C13H16N4O/c1-8-4-5-10(6-9(8)2)16-13(18)11-7-15-17(3)12(11)14/h4-7H,14H2,1-3H3,(H,16,18). The largest absolute Gasteiger partial charge is 0.383 e. The van der Waals surface area contributed by atoms with Gasteiger partial charge in [-0.15, -0.1) is 0 Å². The van der Waals surface area contributed by atoms with Crippen LogP contribution in [-0.4, -0.2) is 15.7 Å². The highest BCUT2D eigenvalue weighted by atomic mass is 16.1. The molecule has 5 nitrogen and oxygen atoms in total. The first-order valence-corrected chi connectivity index (χ1v) is 5.65. The molecule has 1 aromatic heterocycles. The highest BCUT2D eigenvalue weighted by Gasteiger charge is 2.13. The molecular formula is C13H16N4O. The van der Waals surface area contributed by atoms with Crippen molar-refractivity contribution in [2.24, 2.45) is 7.05 Å². The number of anilines is 2. The lowest BCUT2D eigenvalue weighted by Crippen LogP contribution is -2.13. The third kappa shape index (κ3) is 2.20. The number of aromatic nitrogens is 2. The number of amides is 1. The third-order valence-corrected chi connectivity index (χ3v) is 2.99. The number of nitrogen functional groups attached to an aromatic ring is 1. The number of hydrogen-bond donors (Lipinski definition) is 2. The van der Waals surface area contributed by atoms with E-state index >= 15 is 0 Å². The average molecular weight is 244 g/mol. The molecule has 18 heavy (non-hydrogen) atoms. The molecule has 0 aliphatic heterocycles. The van der Waals surface area contributed by atoms with Gasteiger partial charge in [-0.05, 0) is 37.1 Å². The second-order valence-electron chi connectivity index (χ2n) is 4.32. The average Bonchev–Trinajstić information content (AvgIpc) is 2.65. The van der Waals surface area contributed by atoms with Crippen LogP contribution in [-0.2, 0) is 7.05 Å². The Morgan fingerprint density at radius 1 is 1.33 bits per heavy atom. The fraction of sp³-hybridized carbons (Fsp3) is 0.231. The number of hydrogen-bond acceptors (Lipinski definition) is 3. The SMILES string of the molecule is Cc1ccc(NC(=O)c2cnn(C)c2N)cc1C. The number of nitrogens with two attached hydrogens (primary N) is 1. The lowest BCUT2D eigenvalue weighted by Gasteiger charge is -2.07. The normalized spacial score (nSPS) is 10.4. The van der Waals surface area contributed by atoms with E-state index < -0.39 is 0 Å². The maximum absolute atomic E-state index is 12.0. The number of nitrogens with zero attached hydrogens (tertiary/aromatic N) is 2. The molecule has 0 radical (unpaired) electrons. The fourth-order valence-electron chi connectivity index (χ4n) is 1.64. The number of carbonyl (C=O) groups excluding carboxylic acids is 1. The Hall–Kier alpha value is -2.30. The van der Waals surface area contributed by atoms with Crippen LogP contribution in [0, 0.1) is 13.8 Å². The Labute approximate surface area is 106 Å². The number of aryl methyl sites for hydroxylation is 3. The van der Waals surface area contributed by atoms with E-state index in [4.69, 9.17) is 5.73 Å². The molecule has 0 aliphatic rings. The lowest BCUT2D eigenvalue weighted by atomic mass is 10.1. The second-order valence-corrected chi connectivity index (χ2v) is 4.32. The molecule has 0 bridgehead atoms. The number of rotatable bonds is 2. The topological polar surface area (TPSA) is 72.9 Å². The Morgan fingerprint density at radius 2 is 2.06 bits per heavy atom. The van der Waals surface area contributed by atoms with E-state index in [0.717, 1.165) is 11.3 Å². The molecule has 1 aromatic carbocycles. The summed E-state index contributed by atoms with van der Waals surface area (Å²) in [5, 5.41) is 6.75. The second kappa shape index (κ2) is 4.52. The highest BCUT2D eigenvalue weighted by molar-refractivity contribution is 6.07. The zero-order valence-corrected chi connectivity index (χ0v) is 10.7. The predicted molar refractivity (Wildman–Crippen MR) is 71.5 cm³/mol. The van der Waals surface area contributed by atoms with Crippen molar-refractivity contribution in [3.05, 3.63) is 41.1 Å². The van der Waals surface area contributed by atoms with Crippen molar-refractivity contribution in [3.8, 4) is 0 Å². The van der Waals surface area contributed by atoms with Crippen molar-refractivity contribution in [2.75, 3.05) is 11.1 Å². The van der Waals surface area contributed by atoms with Crippen LogP contribution in [0.25, 0.3) is 0 Å². The van der Waals surface area contributed by atoms with E-state index in [1.807, 2.05) is 32.0 Å². The summed E-state index contributed by atoms with van der Waals surface area (Å²) >= 11 is 0. The van der Waals surface area contributed by atoms with Gasteiger partial charge in [0.1, 0.15) is 11.4 Å². The number of benzene rings is 1. The Kier molecular flexibility index (Phi) is 3.06. The van der Waals surface area contributed by atoms with Crippen molar-refractivity contribution in [3.63, 3.8) is 0 Å². The summed E-state index contributed by atoms with van der Waals surface area (Å²) in [4.78, 5) is 12.0. The molecule has 2 aromatic rings. The molecule has 0 atom stereocenters. The summed E-state index contributed by atoms with van der Waals surface area (Å²) < 4.78 is 1.47. The quantitative estimate of drug-likeness (QED) is 0.847. The van der Waals surface area contributed by atoms with Crippen molar-refractivity contribution < 1.29 is 4.79 Å². The maximum Gasteiger partial charge on any atom is 0.261 e. The third-order valence-electron chi connectivity index (χ3n) is 2.99. The minimum atomic E-state index is -0.246. The van der Waals surface area contributed by atoms with Crippen molar-refractivity contribution in [1.29, 1.82) is 0 Å². The molecule has 0 unspecified atom stereocenters. The van der Waals surface area contributed by atoms with E-state index in [0.29, 0.717) is 11.4 Å². The van der Waals surface area contributed by atoms with Crippen molar-refractivity contribution in [2.45, 2.75) is 13.8 Å². The van der Waals surface area contributed by atoms with Gasteiger partial charge in [-0.1, -0.05) is 6.07 Å². The highest BCUT2D eigenvalue weighted by Crippen LogP contribution is 2.16. The van der Waals surface area contributed by atoms with Gasteiger partial charge >= 0.3 is 0 Å². The van der Waals surface area contributed by atoms with Gasteiger partial charge in [-0.3, -0.25) is 9.48 Å². The van der Waals surface area contributed by atoms with Gasteiger partial charge in [0.05, 0.1) is 6.20 Å². The number of carbonyl (C=O) groups is 1. The van der Waals surface area contributed by atoms with E-state index in [-0.39, 0.29) is 5.91 Å². The van der Waals surface area contributed by atoms with Gasteiger partial charge in [-0.2, -0.15) is 5.10 Å². The van der Waals surface area contributed by atoms with Crippen LogP contribution in [0.15, 0.2) is 24.4 Å². The van der Waals surface area contributed by atoms with Gasteiger partial charge in [0, 0.05) is 12.7 Å². The molecule has 0 aliphatic carbocycles. The zero-order chi connectivity index (χ0) is 13.3. The van der Waals surface area contributed by atoms with E-state index in [1.165, 1.54) is 16.4 Å². The molecule has 0 saturated carbocycles. The molecule has 0 spiro atoms. The fourth-order valence-corrected chi connectivity index (χ4v) is 1.64. The zero-order valence-electron chi connectivity index (χ0n) is 10.7. The van der Waals surface area contributed by atoms with Crippen LogP contribution < -0.4 is 11.1 Å². The molecule has 0 fully saturated rings. The monoisotopic (exact) mass is 244 g/mol. The Bertz CT molecular complexity index is 601. The first kappa shape index (κ1) is 12.2. The van der Waals surface area contributed by atoms with Crippen LogP contribution in [0.4, 0.5) is 11.5 Å². The molecule has 1 heterocycles. The smallest absolute Gasteiger partial charge is 0.261 e. The molecule has 2 rings (SSSR count). The van der Waals surface area contributed by atoms with Crippen LogP contribution in [0.2, 0.25) is 0 Å². The summed E-state index contributed by atoms with van der Waals surface area (Å²) in [6, 6.07) is 5.77. The molecule has 3 N–H and O–H groups in total. The van der Waals surface area contributed by atoms with Gasteiger partial charge in [0.2, 0.25) is 0 Å². The Balaban J connectivity index is 2.21. The number of nitrogens with one attached hydrogen (secondary N) is 1. The predicted octanol–water partition coefficient (Wildman–Crippen LogP) is 1.87. The molecule has 94 valence electrons. The molecule has 1 amide bonds. The Morgan fingerprint density at radius 3 is 2.61 bits per heavy atom. The van der Waals surface area contributed by atoms with Gasteiger partial charge in [-0.25, -0.2) is 0 Å². The summed E-state index contributed by atoms with van der Waals surface area (Å²) in [5.74, 6) is 0.111. The summed E-state index contributed by atoms with van der Waals surface area (Å²) in [7, 11) is 1.70.